The first kappa shape index (κ1) is 15.2. The van der Waals surface area contributed by atoms with Gasteiger partial charge in [0.2, 0.25) is 5.91 Å². The van der Waals surface area contributed by atoms with Crippen LogP contribution in [0.3, 0.4) is 0 Å². The minimum atomic E-state index is -3.42. The van der Waals surface area contributed by atoms with Crippen molar-refractivity contribution >= 4 is 15.7 Å². The lowest BCUT2D eigenvalue weighted by Gasteiger charge is -2.16. The van der Waals surface area contributed by atoms with Crippen molar-refractivity contribution in [2.24, 2.45) is 0 Å². The number of benzene rings is 1. The fraction of sp³-hybridized carbons (Fsp3) is 0.286. The summed E-state index contributed by atoms with van der Waals surface area (Å²) in [5.74, 6) is -0.401. The molecule has 0 aliphatic heterocycles. The number of amides is 1. The smallest absolute Gasteiger partial charge is 0.223 e. The summed E-state index contributed by atoms with van der Waals surface area (Å²) >= 11 is 0. The lowest BCUT2D eigenvalue weighted by Crippen LogP contribution is -2.27. The highest BCUT2D eigenvalue weighted by Gasteiger charge is 2.18. The van der Waals surface area contributed by atoms with Gasteiger partial charge in [0.25, 0.3) is 0 Å². The molecule has 1 amide bonds. The van der Waals surface area contributed by atoms with Crippen LogP contribution in [0.5, 0.6) is 0 Å². The third-order valence-electron chi connectivity index (χ3n) is 3.09. The van der Waals surface area contributed by atoms with Crippen LogP contribution in [-0.4, -0.2) is 42.2 Å². The Kier molecular flexibility index (Phi) is 4.74. The number of carbonyl (C=O) groups excluding carboxylic acids is 1. The predicted molar refractivity (Wildman–Crippen MR) is 78.2 cm³/mol. The largest absolute Gasteiger partial charge is 0.341 e. The van der Waals surface area contributed by atoms with Crippen molar-refractivity contribution in [3.05, 3.63) is 48.3 Å². The molecule has 1 N–H and O–H groups in total. The molecule has 0 fully saturated rings. The van der Waals surface area contributed by atoms with Crippen molar-refractivity contribution in [3.8, 4) is 0 Å². The second-order valence-electron chi connectivity index (χ2n) is 4.74. The number of nitrogens with one attached hydrogen (secondary N) is 1. The molecule has 1 heterocycles. The summed E-state index contributed by atoms with van der Waals surface area (Å²) in [5.41, 5.74) is 0.872. The minimum absolute atomic E-state index is 0.0361. The van der Waals surface area contributed by atoms with E-state index in [0.29, 0.717) is 6.54 Å². The highest BCUT2D eigenvalue weighted by atomic mass is 32.2. The third kappa shape index (κ3) is 4.16. The van der Waals surface area contributed by atoms with Crippen molar-refractivity contribution in [1.82, 2.24) is 15.1 Å². The molecule has 1 aromatic heterocycles. The Bertz CT molecular complexity index is 682. The minimum Gasteiger partial charge on any atom is -0.341 e. The normalized spacial score (nSPS) is 11.3. The van der Waals surface area contributed by atoms with E-state index in [4.69, 9.17) is 0 Å². The van der Waals surface area contributed by atoms with Crippen LogP contribution in [0.4, 0.5) is 0 Å². The fourth-order valence-electron chi connectivity index (χ4n) is 1.88. The first-order chi connectivity index (χ1) is 9.99. The molecule has 0 atom stereocenters. The number of hydrogen-bond donors (Lipinski definition) is 1. The van der Waals surface area contributed by atoms with E-state index in [0.717, 1.165) is 5.56 Å². The highest BCUT2D eigenvalue weighted by molar-refractivity contribution is 7.91. The molecule has 0 unspecified atom stereocenters. The number of rotatable bonds is 6. The zero-order valence-corrected chi connectivity index (χ0v) is 12.5. The average molecular weight is 307 g/mol. The van der Waals surface area contributed by atoms with Gasteiger partial charge in [-0.15, -0.1) is 0 Å². The summed E-state index contributed by atoms with van der Waals surface area (Å²) in [6, 6.07) is 8.16. The molecule has 6 nitrogen and oxygen atoms in total. The van der Waals surface area contributed by atoms with E-state index in [1.807, 2.05) is 0 Å². The molecule has 2 rings (SSSR count). The lowest BCUT2D eigenvalue weighted by atomic mass is 10.3. The van der Waals surface area contributed by atoms with Gasteiger partial charge in [-0.25, -0.2) is 8.42 Å². The summed E-state index contributed by atoms with van der Waals surface area (Å²) < 4.78 is 24.2. The molecule has 0 bridgehead atoms. The van der Waals surface area contributed by atoms with E-state index in [9.17, 15) is 13.2 Å². The Hall–Kier alpha value is -2.15. The van der Waals surface area contributed by atoms with Crippen molar-refractivity contribution in [3.63, 3.8) is 0 Å². The first-order valence-electron chi connectivity index (χ1n) is 6.48. The summed E-state index contributed by atoms with van der Waals surface area (Å²) in [5, 5.41) is 6.47. The second-order valence-corrected chi connectivity index (χ2v) is 6.85. The van der Waals surface area contributed by atoms with Crippen molar-refractivity contribution in [2.75, 3.05) is 12.8 Å². The van der Waals surface area contributed by atoms with Gasteiger partial charge in [-0.3, -0.25) is 9.89 Å². The zero-order chi connectivity index (χ0) is 15.3. The van der Waals surface area contributed by atoms with Gasteiger partial charge in [0.05, 0.1) is 16.8 Å². The number of aromatic amines is 1. The Morgan fingerprint density at radius 1 is 1.29 bits per heavy atom. The van der Waals surface area contributed by atoms with Crippen LogP contribution >= 0.6 is 0 Å². The second kappa shape index (κ2) is 6.53. The molecule has 0 aliphatic carbocycles. The molecule has 112 valence electrons. The van der Waals surface area contributed by atoms with E-state index in [1.54, 1.807) is 37.6 Å². The lowest BCUT2D eigenvalue weighted by molar-refractivity contribution is -0.130. The van der Waals surface area contributed by atoms with Gasteiger partial charge in [0.15, 0.2) is 9.84 Å². The maximum Gasteiger partial charge on any atom is 0.223 e. The molecule has 0 saturated heterocycles. The van der Waals surface area contributed by atoms with Crippen LogP contribution in [0.15, 0.2) is 47.6 Å². The van der Waals surface area contributed by atoms with E-state index < -0.39 is 9.84 Å². The molecule has 1 aromatic carbocycles. The average Bonchev–Trinajstić information content (AvgIpc) is 2.98. The zero-order valence-electron chi connectivity index (χ0n) is 11.7. The maximum absolute atomic E-state index is 12.1. The number of nitrogens with zero attached hydrogens (tertiary/aromatic N) is 2. The molecular weight excluding hydrogens is 290 g/mol. The molecule has 2 aromatic rings. The van der Waals surface area contributed by atoms with Crippen LogP contribution in [-0.2, 0) is 21.2 Å². The van der Waals surface area contributed by atoms with Gasteiger partial charge in [-0.1, -0.05) is 18.2 Å². The summed E-state index contributed by atoms with van der Waals surface area (Å²) in [7, 11) is -1.77. The van der Waals surface area contributed by atoms with Crippen molar-refractivity contribution in [2.45, 2.75) is 17.9 Å². The number of sulfone groups is 1. The monoisotopic (exact) mass is 307 g/mol. The number of aromatic nitrogens is 2. The van der Waals surface area contributed by atoms with Gasteiger partial charge < -0.3 is 4.90 Å². The predicted octanol–water partition coefficient (Wildman–Crippen LogP) is 1.23. The maximum atomic E-state index is 12.1. The highest BCUT2D eigenvalue weighted by Crippen LogP contribution is 2.12. The molecule has 0 saturated carbocycles. The topological polar surface area (TPSA) is 83.1 Å². The van der Waals surface area contributed by atoms with Crippen LogP contribution in [0, 0.1) is 0 Å². The van der Waals surface area contributed by atoms with E-state index in [-0.39, 0.29) is 23.0 Å². The van der Waals surface area contributed by atoms with Crippen LogP contribution in [0.25, 0.3) is 0 Å². The Balaban J connectivity index is 1.91. The summed E-state index contributed by atoms with van der Waals surface area (Å²) in [6.45, 7) is 0.403. The van der Waals surface area contributed by atoms with Gasteiger partial charge in [0.1, 0.15) is 0 Å². The molecule has 0 radical (unpaired) electrons. The van der Waals surface area contributed by atoms with Crippen LogP contribution in [0.1, 0.15) is 12.0 Å². The van der Waals surface area contributed by atoms with Crippen LogP contribution in [0.2, 0.25) is 0 Å². The van der Waals surface area contributed by atoms with Gasteiger partial charge in [0, 0.05) is 31.8 Å². The summed E-state index contributed by atoms with van der Waals surface area (Å²) in [4.78, 5) is 13.7. The van der Waals surface area contributed by atoms with E-state index in [2.05, 4.69) is 10.2 Å². The van der Waals surface area contributed by atoms with Crippen LogP contribution < -0.4 is 0 Å². The van der Waals surface area contributed by atoms with E-state index >= 15 is 0 Å². The molecule has 0 aliphatic rings. The van der Waals surface area contributed by atoms with Gasteiger partial charge >= 0.3 is 0 Å². The summed E-state index contributed by atoms with van der Waals surface area (Å²) in [6.07, 6.45) is 3.29. The Labute approximate surface area is 123 Å². The first-order valence-corrected chi connectivity index (χ1v) is 8.14. The molecular formula is C14H17N3O3S. The number of carbonyl (C=O) groups is 1. The van der Waals surface area contributed by atoms with Crippen molar-refractivity contribution in [1.29, 1.82) is 0 Å². The molecule has 7 heteroatoms. The fourth-order valence-corrected chi connectivity index (χ4v) is 3.14. The van der Waals surface area contributed by atoms with E-state index in [1.165, 1.54) is 17.0 Å². The third-order valence-corrected chi connectivity index (χ3v) is 4.82. The molecule has 0 spiro atoms. The van der Waals surface area contributed by atoms with Gasteiger partial charge in [-0.05, 0) is 12.1 Å². The number of H-pyrrole nitrogens is 1. The number of hydrogen-bond acceptors (Lipinski definition) is 4. The van der Waals surface area contributed by atoms with Crippen molar-refractivity contribution < 1.29 is 13.2 Å². The van der Waals surface area contributed by atoms with Gasteiger partial charge in [-0.2, -0.15) is 5.10 Å². The SMILES string of the molecule is CN(Cc1cn[nH]c1)C(=O)CCS(=O)(=O)c1ccccc1. The standard InChI is InChI=1S/C14H17N3O3S/c1-17(11-12-9-15-16-10-12)14(18)7-8-21(19,20)13-5-3-2-4-6-13/h2-6,9-10H,7-8,11H2,1H3,(H,15,16). The Morgan fingerprint density at radius 2 is 2.00 bits per heavy atom. The molecule has 21 heavy (non-hydrogen) atoms. The quantitative estimate of drug-likeness (QED) is 0.870. The Morgan fingerprint density at radius 3 is 2.62 bits per heavy atom.